The third-order valence-electron chi connectivity index (χ3n) is 3.38. The Morgan fingerprint density at radius 1 is 1.15 bits per heavy atom. The van der Waals surface area contributed by atoms with Crippen molar-refractivity contribution in [3.05, 3.63) is 70.1 Å². The number of benzene rings is 2. The Kier molecular flexibility index (Phi) is 3.59. The van der Waals surface area contributed by atoms with E-state index < -0.39 is 0 Å². The van der Waals surface area contributed by atoms with Crippen LogP contribution in [0.5, 0.6) is 0 Å². The predicted molar refractivity (Wildman–Crippen MR) is 81.1 cm³/mol. The highest BCUT2D eigenvalue weighted by Crippen LogP contribution is 2.23. The van der Waals surface area contributed by atoms with Crippen LogP contribution in [0.3, 0.4) is 0 Å². The molecule has 0 saturated heterocycles. The van der Waals surface area contributed by atoms with E-state index in [2.05, 4.69) is 20.5 Å². The van der Waals surface area contributed by atoms with E-state index in [9.17, 15) is 9.50 Å². The lowest BCUT2D eigenvalue weighted by Gasteiger charge is -2.09. The van der Waals surface area contributed by atoms with Gasteiger partial charge >= 0.3 is 0 Å². The minimum absolute atomic E-state index is 0.00840. The molecular formula is C16H13BrFNO. The molecule has 0 spiro atoms. The normalized spacial score (nSPS) is 11.2. The molecule has 0 radical (unpaired) electrons. The SMILES string of the molecule is OCc1cccc2ccn(Cc3ccc(F)c(Br)c3)c12. The highest BCUT2D eigenvalue weighted by atomic mass is 79.9. The molecule has 0 bridgehead atoms. The van der Waals surface area contributed by atoms with Crippen LogP contribution in [-0.2, 0) is 13.2 Å². The van der Waals surface area contributed by atoms with Crippen LogP contribution < -0.4 is 0 Å². The van der Waals surface area contributed by atoms with Crippen molar-refractivity contribution in [1.82, 2.24) is 4.57 Å². The number of aliphatic hydroxyl groups excluding tert-OH is 1. The van der Waals surface area contributed by atoms with Crippen LogP contribution >= 0.6 is 15.9 Å². The average molecular weight is 334 g/mol. The van der Waals surface area contributed by atoms with Gasteiger partial charge in [-0.25, -0.2) is 4.39 Å². The summed E-state index contributed by atoms with van der Waals surface area (Å²) in [7, 11) is 0. The summed E-state index contributed by atoms with van der Waals surface area (Å²) in [4.78, 5) is 0. The van der Waals surface area contributed by atoms with E-state index in [1.807, 2.05) is 30.5 Å². The maximum Gasteiger partial charge on any atom is 0.137 e. The van der Waals surface area contributed by atoms with Crippen LogP contribution in [0, 0.1) is 5.82 Å². The van der Waals surface area contributed by atoms with E-state index in [0.717, 1.165) is 22.0 Å². The molecule has 0 aliphatic heterocycles. The predicted octanol–water partition coefficient (Wildman–Crippen LogP) is 4.08. The summed E-state index contributed by atoms with van der Waals surface area (Å²) in [6.45, 7) is 0.647. The van der Waals surface area contributed by atoms with Crippen molar-refractivity contribution in [3.63, 3.8) is 0 Å². The molecular weight excluding hydrogens is 321 g/mol. The second kappa shape index (κ2) is 5.38. The van der Waals surface area contributed by atoms with Gasteiger partial charge < -0.3 is 9.67 Å². The maximum absolute atomic E-state index is 13.3. The van der Waals surface area contributed by atoms with Crippen LogP contribution in [0.4, 0.5) is 4.39 Å². The molecule has 2 aromatic carbocycles. The second-order valence-electron chi connectivity index (χ2n) is 4.71. The van der Waals surface area contributed by atoms with E-state index in [4.69, 9.17) is 0 Å². The molecule has 3 aromatic rings. The molecule has 4 heteroatoms. The van der Waals surface area contributed by atoms with E-state index in [0.29, 0.717) is 11.0 Å². The first-order valence-electron chi connectivity index (χ1n) is 6.30. The molecule has 0 atom stereocenters. The first-order chi connectivity index (χ1) is 9.69. The lowest BCUT2D eigenvalue weighted by atomic mass is 10.1. The number of hydrogen-bond donors (Lipinski definition) is 1. The van der Waals surface area contributed by atoms with Gasteiger partial charge in [-0.2, -0.15) is 0 Å². The first kappa shape index (κ1) is 13.3. The third-order valence-corrected chi connectivity index (χ3v) is 3.99. The molecule has 1 N–H and O–H groups in total. The van der Waals surface area contributed by atoms with Crippen molar-refractivity contribution >= 4 is 26.8 Å². The zero-order chi connectivity index (χ0) is 14.1. The molecule has 0 aliphatic rings. The van der Waals surface area contributed by atoms with E-state index in [-0.39, 0.29) is 12.4 Å². The van der Waals surface area contributed by atoms with Crippen molar-refractivity contribution in [2.24, 2.45) is 0 Å². The van der Waals surface area contributed by atoms with Crippen molar-refractivity contribution in [2.45, 2.75) is 13.2 Å². The summed E-state index contributed by atoms with van der Waals surface area (Å²) in [5.41, 5.74) is 2.92. The van der Waals surface area contributed by atoms with Crippen LogP contribution in [0.2, 0.25) is 0 Å². The molecule has 1 heterocycles. The number of para-hydroxylation sites is 1. The summed E-state index contributed by atoms with van der Waals surface area (Å²) in [6.07, 6.45) is 1.99. The number of aliphatic hydroxyl groups is 1. The topological polar surface area (TPSA) is 25.2 Å². The zero-order valence-electron chi connectivity index (χ0n) is 10.7. The summed E-state index contributed by atoms with van der Waals surface area (Å²) in [5, 5.41) is 10.5. The van der Waals surface area contributed by atoms with Gasteiger partial charge in [0.15, 0.2) is 0 Å². The Labute approximate surface area is 124 Å². The highest BCUT2D eigenvalue weighted by molar-refractivity contribution is 9.10. The molecule has 0 amide bonds. The first-order valence-corrected chi connectivity index (χ1v) is 7.10. The number of fused-ring (bicyclic) bond motifs is 1. The summed E-state index contributed by atoms with van der Waals surface area (Å²) in [5.74, 6) is -0.262. The summed E-state index contributed by atoms with van der Waals surface area (Å²) >= 11 is 3.20. The number of aromatic nitrogens is 1. The van der Waals surface area contributed by atoms with E-state index in [1.165, 1.54) is 6.07 Å². The number of halogens is 2. The minimum Gasteiger partial charge on any atom is -0.392 e. The van der Waals surface area contributed by atoms with Gasteiger partial charge in [-0.05, 0) is 45.1 Å². The molecule has 0 unspecified atom stereocenters. The van der Waals surface area contributed by atoms with Gasteiger partial charge in [0.25, 0.3) is 0 Å². The Morgan fingerprint density at radius 3 is 2.75 bits per heavy atom. The minimum atomic E-state index is -0.262. The smallest absolute Gasteiger partial charge is 0.137 e. The lowest BCUT2D eigenvalue weighted by Crippen LogP contribution is -2.00. The molecule has 2 nitrogen and oxygen atoms in total. The Morgan fingerprint density at radius 2 is 2.00 bits per heavy atom. The van der Waals surface area contributed by atoms with Crippen LogP contribution in [0.15, 0.2) is 53.1 Å². The Hall–Kier alpha value is -1.65. The van der Waals surface area contributed by atoms with Gasteiger partial charge in [0.2, 0.25) is 0 Å². The maximum atomic E-state index is 13.3. The Balaban J connectivity index is 2.04. The van der Waals surface area contributed by atoms with Crippen LogP contribution in [0.1, 0.15) is 11.1 Å². The zero-order valence-corrected chi connectivity index (χ0v) is 12.3. The number of rotatable bonds is 3. The van der Waals surface area contributed by atoms with Crippen LogP contribution in [-0.4, -0.2) is 9.67 Å². The molecule has 1 aromatic heterocycles. The average Bonchev–Trinajstić information content (AvgIpc) is 2.86. The summed E-state index contributed by atoms with van der Waals surface area (Å²) < 4.78 is 15.8. The van der Waals surface area contributed by atoms with Gasteiger partial charge in [0.1, 0.15) is 5.82 Å². The molecule has 0 saturated carbocycles. The fourth-order valence-corrected chi connectivity index (χ4v) is 2.86. The fraction of sp³-hybridized carbons (Fsp3) is 0.125. The van der Waals surface area contributed by atoms with E-state index in [1.54, 1.807) is 12.1 Å². The largest absolute Gasteiger partial charge is 0.392 e. The number of nitrogens with zero attached hydrogens (tertiary/aromatic N) is 1. The van der Waals surface area contributed by atoms with Crippen molar-refractivity contribution in [2.75, 3.05) is 0 Å². The molecule has 102 valence electrons. The number of hydrogen-bond acceptors (Lipinski definition) is 1. The molecule has 0 aliphatic carbocycles. The monoisotopic (exact) mass is 333 g/mol. The molecule has 3 rings (SSSR count). The fourth-order valence-electron chi connectivity index (χ4n) is 2.43. The standard InChI is InChI=1S/C16H13BrFNO/c17-14-8-11(4-5-15(14)18)9-19-7-6-12-2-1-3-13(10-20)16(12)19/h1-8,20H,9-10H2. The van der Waals surface area contributed by atoms with E-state index >= 15 is 0 Å². The van der Waals surface area contributed by atoms with Gasteiger partial charge in [-0.15, -0.1) is 0 Å². The van der Waals surface area contributed by atoms with Gasteiger partial charge in [-0.1, -0.05) is 24.3 Å². The van der Waals surface area contributed by atoms with Crippen molar-refractivity contribution in [1.29, 1.82) is 0 Å². The van der Waals surface area contributed by atoms with Gasteiger partial charge in [-0.3, -0.25) is 0 Å². The van der Waals surface area contributed by atoms with Crippen molar-refractivity contribution in [3.8, 4) is 0 Å². The van der Waals surface area contributed by atoms with Gasteiger partial charge in [0, 0.05) is 18.3 Å². The van der Waals surface area contributed by atoms with Crippen LogP contribution in [0.25, 0.3) is 10.9 Å². The van der Waals surface area contributed by atoms with Crippen molar-refractivity contribution < 1.29 is 9.50 Å². The third kappa shape index (κ3) is 2.37. The highest BCUT2D eigenvalue weighted by Gasteiger charge is 2.07. The summed E-state index contributed by atoms with van der Waals surface area (Å²) in [6, 6.07) is 12.9. The Bertz CT molecular complexity index is 766. The van der Waals surface area contributed by atoms with Gasteiger partial charge in [0.05, 0.1) is 16.6 Å². The quantitative estimate of drug-likeness (QED) is 0.767. The molecule has 20 heavy (non-hydrogen) atoms. The molecule has 0 fully saturated rings. The lowest BCUT2D eigenvalue weighted by molar-refractivity contribution is 0.283. The second-order valence-corrected chi connectivity index (χ2v) is 5.56.